The van der Waals surface area contributed by atoms with E-state index in [1.165, 1.54) is 30.0 Å². The molecule has 1 saturated carbocycles. The number of thioether (sulfide) groups is 1. The van der Waals surface area contributed by atoms with Gasteiger partial charge in [0.05, 0.1) is 16.8 Å². The van der Waals surface area contributed by atoms with Gasteiger partial charge in [0.15, 0.2) is 0 Å². The van der Waals surface area contributed by atoms with E-state index in [-0.39, 0.29) is 16.7 Å². The van der Waals surface area contributed by atoms with Crippen molar-refractivity contribution >= 4 is 35.0 Å². The predicted molar refractivity (Wildman–Crippen MR) is 76.9 cm³/mol. The molecule has 1 aromatic carbocycles. The Morgan fingerprint density at radius 3 is 3.05 bits per heavy atom. The zero-order valence-corrected chi connectivity index (χ0v) is 12.4. The summed E-state index contributed by atoms with van der Waals surface area (Å²) in [5.74, 6) is -0.581. The van der Waals surface area contributed by atoms with Gasteiger partial charge in [-0.2, -0.15) is 0 Å². The number of rotatable bonds is 5. The molecule has 1 aliphatic carbocycles. The van der Waals surface area contributed by atoms with Gasteiger partial charge in [-0.3, -0.25) is 4.79 Å². The quantitative estimate of drug-likeness (QED) is 0.854. The largest absolute Gasteiger partial charge is 0.325 e. The average molecular weight is 328 g/mol. The van der Waals surface area contributed by atoms with Crippen molar-refractivity contribution in [2.24, 2.45) is 0 Å². The van der Waals surface area contributed by atoms with Crippen LogP contribution in [0.15, 0.2) is 23.4 Å². The molecule has 3 rings (SSSR count). The summed E-state index contributed by atoms with van der Waals surface area (Å²) in [5, 5.41) is 14.7. The maximum Gasteiger partial charge on any atom is 0.234 e. The molecule has 21 heavy (non-hydrogen) atoms. The Morgan fingerprint density at radius 1 is 1.52 bits per heavy atom. The third kappa shape index (κ3) is 3.51. The van der Waals surface area contributed by atoms with E-state index in [4.69, 9.17) is 11.6 Å². The van der Waals surface area contributed by atoms with Crippen molar-refractivity contribution in [3.8, 4) is 0 Å². The van der Waals surface area contributed by atoms with Crippen molar-refractivity contribution in [3.05, 3.63) is 29.0 Å². The van der Waals surface area contributed by atoms with Gasteiger partial charge in [0, 0.05) is 5.69 Å². The Hall–Kier alpha value is -1.67. The zero-order chi connectivity index (χ0) is 14.8. The van der Waals surface area contributed by atoms with E-state index in [0.29, 0.717) is 16.9 Å². The van der Waals surface area contributed by atoms with Gasteiger partial charge < -0.3 is 5.32 Å². The van der Waals surface area contributed by atoms with Crippen LogP contribution in [0.25, 0.3) is 0 Å². The van der Waals surface area contributed by atoms with E-state index in [2.05, 4.69) is 20.8 Å². The van der Waals surface area contributed by atoms with Crippen molar-refractivity contribution in [3.63, 3.8) is 0 Å². The first-order valence-electron chi connectivity index (χ1n) is 6.29. The highest BCUT2D eigenvalue weighted by atomic mass is 35.5. The highest BCUT2D eigenvalue weighted by molar-refractivity contribution is 7.99. The van der Waals surface area contributed by atoms with E-state index in [1.807, 2.05) is 0 Å². The summed E-state index contributed by atoms with van der Waals surface area (Å²) >= 11 is 6.92. The van der Waals surface area contributed by atoms with Crippen LogP contribution in [0.1, 0.15) is 18.9 Å². The standard InChI is InChI=1S/C12H11ClFN5OS/c13-9-5-7(1-4-10(9)14)15-11(20)6-21-12-16-17-18-19(12)8-2-3-8/h1,4-5,8H,2-3,6H2,(H,15,20). The minimum absolute atomic E-state index is 0.0295. The van der Waals surface area contributed by atoms with Crippen LogP contribution in [0, 0.1) is 5.82 Å². The number of halogens is 2. The fourth-order valence-corrected chi connectivity index (χ4v) is 2.65. The number of amides is 1. The smallest absolute Gasteiger partial charge is 0.234 e. The summed E-state index contributed by atoms with van der Waals surface area (Å²) < 4.78 is 14.8. The molecule has 0 unspecified atom stereocenters. The number of aromatic nitrogens is 4. The number of anilines is 1. The Kier molecular flexibility index (Phi) is 4.07. The molecule has 0 atom stereocenters. The maximum atomic E-state index is 13.0. The second-order valence-electron chi connectivity index (χ2n) is 4.60. The van der Waals surface area contributed by atoms with Crippen LogP contribution in [-0.4, -0.2) is 31.9 Å². The van der Waals surface area contributed by atoms with Crippen LogP contribution in [0.5, 0.6) is 0 Å². The van der Waals surface area contributed by atoms with Crippen LogP contribution in [0.3, 0.4) is 0 Å². The lowest BCUT2D eigenvalue weighted by Gasteiger charge is -2.06. The predicted octanol–water partition coefficient (Wildman–Crippen LogP) is 2.53. The molecule has 1 aromatic heterocycles. The Morgan fingerprint density at radius 2 is 2.33 bits per heavy atom. The second-order valence-corrected chi connectivity index (χ2v) is 5.95. The Labute approximate surface area is 129 Å². The maximum absolute atomic E-state index is 13.0. The lowest BCUT2D eigenvalue weighted by Crippen LogP contribution is -2.14. The monoisotopic (exact) mass is 327 g/mol. The third-order valence-electron chi connectivity index (χ3n) is 2.89. The van der Waals surface area contributed by atoms with Crippen molar-refractivity contribution in [2.45, 2.75) is 24.0 Å². The molecule has 0 radical (unpaired) electrons. The minimum atomic E-state index is -0.521. The van der Waals surface area contributed by atoms with E-state index in [1.54, 1.807) is 4.68 Å². The molecule has 6 nitrogen and oxygen atoms in total. The van der Waals surface area contributed by atoms with E-state index < -0.39 is 5.82 Å². The first-order chi connectivity index (χ1) is 10.1. The first-order valence-corrected chi connectivity index (χ1v) is 7.65. The Balaban J connectivity index is 1.56. The highest BCUT2D eigenvalue weighted by Crippen LogP contribution is 2.36. The highest BCUT2D eigenvalue weighted by Gasteiger charge is 2.28. The van der Waals surface area contributed by atoms with E-state index in [0.717, 1.165) is 12.8 Å². The fraction of sp³-hybridized carbons (Fsp3) is 0.333. The number of hydrogen-bond donors (Lipinski definition) is 1. The van der Waals surface area contributed by atoms with Crippen molar-refractivity contribution in [1.29, 1.82) is 0 Å². The van der Waals surface area contributed by atoms with Crippen molar-refractivity contribution in [2.75, 3.05) is 11.1 Å². The van der Waals surface area contributed by atoms with Gasteiger partial charge in [-0.05, 0) is 41.5 Å². The van der Waals surface area contributed by atoms with Gasteiger partial charge >= 0.3 is 0 Å². The molecule has 1 aliphatic rings. The summed E-state index contributed by atoms with van der Waals surface area (Å²) in [6.45, 7) is 0. The van der Waals surface area contributed by atoms with Crippen molar-refractivity contribution < 1.29 is 9.18 Å². The van der Waals surface area contributed by atoms with Gasteiger partial charge in [-0.25, -0.2) is 9.07 Å². The van der Waals surface area contributed by atoms with E-state index >= 15 is 0 Å². The zero-order valence-electron chi connectivity index (χ0n) is 10.8. The molecule has 0 aliphatic heterocycles. The molecule has 110 valence electrons. The molecule has 9 heteroatoms. The number of carbonyl (C=O) groups is 1. The summed E-state index contributed by atoms with van der Waals surface area (Å²) in [7, 11) is 0. The van der Waals surface area contributed by atoms with Crippen LogP contribution in [0.2, 0.25) is 5.02 Å². The minimum Gasteiger partial charge on any atom is -0.325 e. The summed E-state index contributed by atoms with van der Waals surface area (Å²) in [6.07, 6.45) is 2.14. The van der Waals surface area contributed by atoms with E-state index in [9.17, 15) is 9.18 Å². The van der Waals surface area contributed by atoms with Crippen LogP contribution >= 0.6 is 23.4 Å². The first kappa shape index (κ1) is 14.3. The number of tetrazole rings is 1. The lowest BCUT2D eigenvalue weighted by atomic mass is 10.3. The SMILES string of the molecule is O=C(CSc1nnnn1C1CC1)Nc1ccc(F)c(Cl)c1. The van der Waals surface area contributed by atoms with Gasteiger partial charge in [-0.15, -0.1) is 5.10 Å². The normalized spacial score (nSPS) is 14.2. The molecule has 1 amide bonds. The lowest BCUT2D eigenvalue weighted by molar-refractivity contribution is -0.113. The number of nitrogens with one attached hydrogen (secondary N) is 1. The summed E-state index contributed by atoms with van der Waals surface area (Å²) in [6, 6.07) is 4.39. The molecular weight excluding hydrogens is 317 g/mol. The Bertz CT molecular complexity index is 675. The molecular formula is C12H11ClFN5OS. The number of nitrogens with zero attached hydrogens (tertiary/aromatic N) is 4. The summed E-state index contributed by atoms with van der Waals surface area (Å²) in [4.78, 5) is 11.9. The molecule has 2 aromatic rings. The topological polar surface area (TPSA) is 72.7 Å². The van der Waals surface area contributed by atoms with Crippen LogP contribution in [0.4, 0.5) is 10.1 Å². The molecule has 1 N–H and O–H groups in total. The molecule has 1 fully saturated rings. The number of hydrogen-bond acceptors (Lipinski definition) is 5. The fourth-order valence-electron chi connectivity index (χ4n) is 1.73. The average Bonchev–Trinajstić information content (AvgIpc) is 3.19. The van der Waals surface area contributed by atoms with Gasteiger partial charge in [0.2, 0.25) is 11.1 Å². The number of carbonyl (C=O) groups excluding carboxylic acids is 1. The van der Waals surface area contributed by atoms with Crippen LogP contribution in [-0.2, 0) is 4.79 Å². The molecule has 0 saturated heterocycles. The molecule has 1 heterocycles. The second kappa shape index (κ2) is 5.98. The van der Waals surface area contributed by atoms with Crippen molar-refractivity contribution in [1.82, 2.24) is 20.2 Å². The number of benzene rings is 1. The van der Waals surface area contributed by atoms with Crippen LogP contribution < -0.4 is 5.32 Å². The van der Waals surface area contributed by atoms with Gasteiger partial charge in [-0.1, -0.05) is 23.4 Å². The van der Waals surface area contributed by atoms with Gasteiger partial charge in [0.1, 0.15) is 5.82 Å². The summed E-state index contributed by atoms with van der Waals surface area (Å²) in [5.41, 5.74) is 0.453. The van der Waals surface area contributed by atoms with Gasteiger partial charge in [0.25, 0.3) is 0 Å². The third-order valence-corrected chi connectivity index (χ3v) is 4.11. The molecule has 0 spiro atoms. The molecule has 0 bridgehead atoms.